The molecule has 1 aromatic heterocycles. The van der Waals surface area contributed by atoms with Crippen LogP contribution in [-0.4, -0.2) is 60.9 Å². The van der Waals surface area contributed by atoms with Gasteiger partial charge in [0, 0.05) is 42.4 Å². The maximum absolute atomic E-state index is 13.4. The van der Waals surface area contributed by atoms with Gasteiger partial charge >= 0.3 is 0 Å². The van der Waals surface area contributed by atoms with Crippen LogP contribution >= 0.6 is 24.0 Å². The molecule has 0 amide bonds. The van der Waals surface area contributed by atoms with E-state index in [4.69, 9.17) is 16.3 Å². The highest BCUT2D eigenvalue weighted by atomic mass is 35.5. The Bertz CT molecular complexity index is 1190. The number of nitrogens with one attached hydrogen (secondary N) is 1. The van der Waals surface area contributed by atoms with Crippen LogP contribution in [0.5, 0.6) is 5.75 Å². The van der Waals surface area contributed by atoms with Crippen LogP contribution in [0.4, 0.5) is 0 Å². The number of halogens is 2. The molecule has 0 aliphatic carbocycles. The van der Waals surface area contributed by atoms with Crippen molar-refractivity contribution in [2.45, 2.75) is 49.1 Å². The van der Waals surface area contributed by atoms with Crippen LogP contribution in [0.25, 0.3) is 10.9 Å². The van der Waals surface area contributed by atoms with E-state index in [2.05, 4.69) is 9.88 Å². The van der Waals surface area contributed by atoms with Crippen molar-refractivity contribution in [2.75, 3.05) is 26.2 Å². The van der Waals surface area contributed by atoms with Crippen LogP contribution in [0.1, 0.15) is 32.1 Å². The van der Waals surface area contributed by atoms with Gasteiger partial charge in [0.2, 0.25) is 10.0 Å². The summed E-state index contributed by atoms with van der Waals surface area (Å²) in [6.07, 6.45) is 6.73. The van der Waals surface area contributed by atoms with Gasteiger partial charge in [-0.2, -0.15) is 4.31 Å². The van der Waals surface area contributed by atoms with Gasteiger partial charge in [0.15, 0.2) is 0 Å². The van der Waals surface area contributed by atoms with E-state index >= 15 is 0 Å². The minimum Gasteiger partial charge on any atom is -0.490 e. The molecule has 0 bridgehead atoms. The third-order valence-electron chi connectivity index (χ3n) is 6.89. The first-order valence-corrected chi connectivity index (χ1v) is 13.5. The summed E-state index contributed by atoms with van der Waals surface area (Å²) in [4.78, 5) is 5.94. The molecule has 1 N–H and O–H groups in total. The standard InChI is InChI=1S/C25H30ClN3O3S.ClH/c26-20-4-6-22(7-5-20)32-23-11-16-28(17-12-23)15-10-21-2-1-14-29(21)33(30,31)24-8-3-19-9-13-27-25(19)18-24;/h3-9,13,18,21,23,27H,1-2,10-12,14-17H2;1H/t21-;/m1./s1. The van der Waals surface area contributed by atoms with Gasteiger partial charge in [0.1, 0.15) is 11.9 Å². The average Bonchev–Trinajstić information content (AvgIpc) is 3.49. The molecular weight excluding hydrogens is 493 g/mol. The molecule has 1 atom stereocenters. The van der Waals surface area contributed by atoms with Crippen LogP contribution in [0, 0.1) is 0 Å². The number of likely N-dealkylation sites (tertiary alicyclic amines) is 1. The second-order valence-corrected chi connectivity index (χ2v) is 11.4. The van der Waals surface area contributed by atoms with Crippen molar-refractivity contribution in [2.24, 2.45) is 0 Å². The number of ether oxygens (including phenoxy) is 1. The molecule has 0 radical (unpaired) electrons. The second kappa shape index (κ2) is 10.9. The fourth-order valence-corrected chi connectivity index (χ4v) is 6.90. The highest BCUT2D eigenvalue weighted by molar-refractivity contribution is 7.89. The Hall–Kier alpha value is -1.77. The lowest BCUT2D eigenvalue weighted by Gasteiger charge is -2.33. The van der Waals surface area contributed by atoms with E-state index in [1.54, 1.807) is 16.4 Å². The quantitative estimate of drug-likeness (QED) is 0.454. The predicted molar refractivity (Wildman–Crippen MR) is 139 cm³/mol. The molecule has 184 valence electrons. The summed E-state index contributed by atoms with van der Waals surface area (Å²) >= 11 is 5.95. The number of sulfonamides is 1. The van der Waals surface area contributed by atoms with Crippen LogP contribution in [0.3, 0.4) is 0 Å². The average molecular weight is 525 g/mol. The number of rotatable bonds is 7. The maximum Gasteiger partial charge on any atom is 0.243 e. The highest BCUT2D eigenvalue weighted by Crippen LogP contribution is 2.30. The first-order chi connectivity index (χ1) is 16.0. The van der Waals surface area contributed by atoms with Crippen molar-refractivity contribution in [1.29, 1.82) is 0 Å². The van der Waals surface area contributed by atoms with Crippen LogP contribution in [0.15, 0.2) is 59.6 Å². The third-order valence-corrected chi connectivity index (χ3v) is 9.09. The summed E-state index contributed by atoms with van der Waals surface area (Å²) in [6.45, 7) is 3.47. The summed E-state index contributed by atoms with van der Waals surface area (Å²) in [5.41, 5.74) is 0.857. The smallest absolute Gasteiger partial charge is 0.243 e. The molecule has 2 aliphatic rings. The number of benzene rings is 2. The summed E-state index contributed by atoms with van der Waals surface area (Å²) in [7, 11) is -3.49. The number of piperidine rings is 1. The largest absolute Gasteiger partial charge is 0.490 e. The Morgan fingerprint density at radius 1 is 1.00 bits per heavy atom. The van der Waals surface area contributed by atoms with E-state index in [1.807, 2.05) is 42.6 Å². The monoisotopic (exact) mass is 523 g/mol. The highest BCUT2D eigenvalue weighted by Gasteiger charge is 2.35. The van der Waals surface area contributed by atoms with E-state index in [1.165, 1.54) is 0 Å². The first-order valence-electron chi connectivity index (χ1n) is 11.7. The minimum absolute atomic E-state index is 0. The van der Waals surface area contributed by atoms with Gasteiger partial charge in [-0.15, -0.1) is 12.4 Å². The van der Waals surface area contributed by atoms with Crippen LogP contribution in [-0.2, 0) is 10.0 Å². The van der Waals surface area contributed by atoms with Crippen LogP contribution in [0.2, 0.25) is 5.02 Å². The molecule has 3 heterocycles. The number of aromatic nitrogens is 1. The van der Waals surface area contributed by atoms with Gasteiger partial charge in [-0.25, -0.2) is 8.42 Å². The number of hydrogen-bond acceptors (Lipinski definition) is 4. The number of fused-ring (bicyclic) bond motifs is 1. The van der Waals surface area contributed by atoms with Gasteiger partial charge in [0.05, 0.1) is 4.90 Å². The minimum atomic E-state index is -3.49. The predicted octanol–water partition coefficient (Wildman–Crippen LogP) is 5.33. The molecule has 5 rings (SSSR count). The molecule has 2 aliphatic heterocycles. The first kappa shape index (κ1) is 25.3. The Morgan fingerprint density at radius 2 is 1.76 bits per heavy atom. The fourth-order valence-electron chi connectivity index (χ4n) is 5.02. The van der Waals surface area contributed by atoms with E-state index in [0.29, 0.717) is 16.5 Å². The molecular formula is C25H31Cl2N3O3S. The van der Waals surface area contributed by atoms with Crippen LogP contribution < -0.4 is 4.74 Å². The number of nitrogens with zero attached hydrogens (tertiary/aromatic N) is 2. The summed E-state index contributed by atoms with van der Waals surface area (Å²) in [5, 5.41) is 1.74. The Labute approximate surface area is 212 Å². The third kappa shape index (κ3) is 5.55. The maximum atomic E-state index is 13.4. The molecule has 2 fully saturated rings. The molecule has 2 aromatic carbocycles. The second-order valence-electron chi connectivity index (χ2n) is 9.04. The van der Waals surface area contributed by atoms with Gasteiger partial charge in [-0.05, 0) is 86.5 Å². The number of H-pyrrole nitrogens is 1. The Morgan fingerprint density at radius 3 is 2.53 bits per heavy atom. The van der Waals surface area contributed by atoms with Gasteiger partial charge < -0.3 is 14.6 Å². The molecule has 0 spiro atoms. The van der Waals surface area contributed by atoms with Gasteiger partial charge in [-0.3, -0.25) is 0 Å². The summed E-state index contributed by atoms with van der Waals surface area (Å²) < 4.78 is 34.6. The zero-order valence-electron chi connectivity index (χ0n) is 19.0. The van der Waals surface area contributed by atoms with Crippen molar-refractivity contribution < 1.29 is 13.2 Å². The van der Waals surface area contributed by atoms with Gasteiger partial charge in [-0.1, -0.05) is 17.7 Å². The van der Waals surface area contributed by atoms with Crippen molar-refractivity contribution in [1.82, 2.24) is 14.2 Å². The van der Waals surface area contributed by atoms with E-state index in [-0.39, 0.29) is 24.6 Å². The summed E-state index contributed by atoms with van der Waals surface area (Å²) in [6, 6.07) is 14.9. The van der Waals surface area contributed by atoms with E-state index in [0.717, 1.165) is 68.4 Å². The fraction of sp³-hybridized carbons (Fsp3) is 0.440. The zero-order valence-corrected chi connectivity index (χ0v) is 21.4. The topological polar surface area (TPSA) is 65.6 Å². The molecule has 0 unspecified atom stereocenters. The molecule has 6 nitrogen and oxygen atoms in total. The molecule has 9 heteroatoms. The van der Waals surface area contributed by atoms with Crippen molar-refractivity contribution in [3.05, 3.63) is 59.8 Å². The normalized spacial score (nSPS) is 20.4. The van der Waals surface area contributed by atoms with Crippen molar-refractivity contribution >= 4 is 44.9 Å². The number of aromatic amines is 1. The Kier molecular flexibility index (Phi) is 8.10. The lowest BCUT2D eigenvalue weighted by molar-refractivity contribution is 0.0971. The molecule has 2 saturated heterocycles. The van der Waals surface area contributed by atoms with E-state index < -0.39 is 10.0 Å². The van der Waals surface area contributed by atoms with E-state index in [9.17, 15) is 8.42 Å². The number of hydrogen-bond donors (Lipinski definition) is 1. The SMILES string of the molecule is Cl.O=S(=O)(c1ccc2cc[nH]c2c1)N1CCC[C@@H]1CCN1CCC(Oc2ccc(Cl)cc2)CC1. The molecule has 0 saturated carbocycles. The summed E-state index contributed by atoms with van der Waals surface area (Å²) in [5.74, 6) is 0.863. The lowest BCUT2D eigenvalue weighted by atomic mass is 10.1. The molecule has 34 heavy (non-hydrogen) atoms. The zero-order chi connectivity index (χ0) is 22.8. The molecule has 3 aromatic rings. The Balaban J connectivity index is 0.00000274. The van der Waals surface area contributed by atoms with Crippen molar-refractivity contribution in [3.63, 3.8) is 0 Å². The van der Waals surface area contributed by atoms with Crippen molar-refractivity contribution in [3.8, 4) is 5.75 Å². The lowest BCUT2D eigenvalue weighted by Crippen LogP contribution is -2.42. The van der Waals surface area contributed by atoms with Gasteiger partial charge in [0.25, 0.3) is 0 Å².